The van der Waals surface area contributed by atoms with Crippen molar-refractivity contribution >= 4 is 17.5 Å². The van der Waals surface area contributed by atoms with Gasteiger partial charge in [-0.1, -0.05) is 17.7 Å². The molecule has 3 rings (SSSR count). The van der Waals surface area contributed by atoms with Crippen molar-refractivity contribution in [2.75, 3.05) is 4.90 Å². The average Bonchev–Trinajstić information content (AvgIpc) is 3.07. The topological polar surface area (TPSA) is 67.1 Å². The van der Waals surface area contributed by atoms with Crippen LogP contribution in [0, 0.1) is 6.92 Å². The molecule has 0 bridgehead atoms. The number of anilines is 1. The molecule has 1 fully saturated rings. The molecule has 0 saturated carbocycles. The maximum absolute atomic E-state index is 12.4. The number of imide groups is 1. The summed E-state index contributed by atoms with van der Waals surface area (Å²) in [5.41, 5.74) is 1.74. The maximum atomic E-state index is 12.4. The lowest BCUT2D eigenvalue weighted by Crippen LogP contribution is -2.90. The van der Waals surface area contributed by atoms with E-state index in [0.29, 0.717) is 12.2 Å². The molecular weight excluding hydrogens is 268 g/mol. The van der Waals surface area contributed by atoms with Crippen LogP contribution in [0.4, 0.5) is 5.69 Å². The summed E-state index contributed by atoms with van der Waals surface area (Å²) in [5, 5.41) is 1.85. The lowest BCUT2D eigenvalue weighted by Gasteiger charge is -2.14. The molecule has 0 aliphatic carbocycles. The van der Waals surface area contributed by atoms with Crippen LogP contribution in [0.2, 0.25) is 0 Å². The van der Waals surface area contributed by atoms with Gasteiger partial charge in [-0.3, -0.25) is 9.59 Å². The average molecular weight is 285 g/mol. The van der Waals surface area contributed by atoms with Crippen molar-refractivity contribution in [1.82, 2.24) is 0 Å². The molecule has 2 heterocycles. The molecule has 2 amide bonds. The fourth-order valence-electron chi connectivity index (χ4n) is 2.49. The third-order valence-electron chi connectivity index (χ3n) is 3.66. The molecule has 21 heavy (non-hydrogen) atoms. The molecule has 0 unspecified atom stereocenters. The number of carbonyl (C=O) groups excluding carboxylic acids is 2. The van der Waals surface area contributed by atoms with E-state index in [0.717, 1.165) is 11.3 Å². The van der Waals surface area contributed by atoms with E-state index >= 15 is 0 Å². The molecule has 1 aliphatic rings. The predicted octanol–water partition coefficient (Wildman–Crippen LogP) is 0.984. The van der Waals surface area contributed by atoms with Crippen molar-refractivity contribution in [3.8, 4) is 0 Å². The second-order valence-corrected chi connectivity index (χ2v) is 5.23. The van der Waals surface area contributed by atoms with Crippen LogP contribution in [-0.4, -0.2) is 17.9 Å². The number of benzene rings is 1. The molecule has 5 nitrogen and oxygen atoms in total. The van der Waals surface area contributed by atoms with Gasteiger partial charge < -0.3 is 9.73 Å². The minimum absolute atomic E-state index is 0.149. The monoisotopic (exact) mass is 285 g/mol. The summed E-state index contributed by atoms with van der Waals surface area (Å²) in [7, 11) is 0. The van der Waals surface area contributed by atoms with Crippen molar-refractivity contribution in [3.05, 3.63) is 54.0 Å². The summed E-state index contributed by atoms with van der Waals surface area (Å²) in [6.07, 6.45) is 1.83. The van der Waals surface area contributed by atoms with Crippen molar-refractivity contribution in [2.24, 2.45) is 0 Å². The Morgan fingerprint density at radius 2 is 2.00 bits per heavy atom. The first-order chi connectivity index (χ1) is 10.1. The van der Waals surface area contributed by atoms with E-state index in [1.54, 1.807) is 18.4 Å². The molecule has 0 radical (unpaired) electrons. The lowest BCUT2D eigenvalue weighted by atomic mass is 10.2. The quantitative estimate of drug-likeness (QED) is 0.852. The summed E-state index contributed by atoms with van der Waals surface area (Å²) in [5.74, 6) is 0.490. The predicted molar refractivity (Wildman–Crippen MR) is 76.4 cm³/mol. The number of furan rings is 1. The number of hydrogen-bond acceptors (Lipinski definition) is 3. The SMILES string of the molecule is Cc1ccc(N2C(=O)C[C@H]([NH2+]Cc3ccco3)C2=O)cc1. The lowest BCUT2D eigenvalue weighted by molar-refractivity contribution is -0.691. The van der Waals surface area contributed by atoms with E-state index in [4.69, 9.17) is 4.42 Å². The summed E-state index contributed by atoms with van der Waals surface area (Å²) < 4.78 is 5.24. The Hall–Kier alpha value is -2.40. The fourth-order valence-corrected chi connectivity index (χ4v) is 2.49. The van der Waals surface area contributed by atoms with Gasteiger partial charge in [-0.2, -0.15) is 0 Å². The van der Waals surface area contributed by atoms with Gasteiger partial charge in [0.1, 0.15) is 6.54 Å². The third-order valence-corrected chi connectivity index (χ3v) is 3.66. The fraction of sp³-hybridized carbons (Fsp3) is 0.250. The van der Waals surface area contributed by atoms with Crippen molar-refractivity contribution < 1.29 is 19.3 Å². The Labute approximate surface area is 122 Å². The largest absolute Gasteiger partial charge is 0.463 e. The van der Waals surface area contributed by atoms with E-state index in [9.17, 15) is 9.59 Å². The van der Waals surface area contributed by atoms with Gasteiger partial charge in [0.05, 0.1) is 18.4 Å². The molecule has 108 valence electrons. The standard InChI is InChI=1S/C16H16N2O3/c1-11-4-6-12(7-5-11)18-15(19)9-14(16(18)20)17-10-13-3-2-8-21-13/h2-8,14,17H,9-10H2,1H3/p+1/t14-/m0/s1. The third kappa shape index (κ3) is 2.73. The van der Waals surface area contributed by atoms with E-state index in [1.165, 1.54) is 4.90 Å². The summed E-state index contributed by atoms with van der Waals surface area (Å²) in [6, 6.07) is 10.7. The Kier molecular flexibility index (Phi) is 3.58. The van der Waals surface area contributed by atoms with Gasteiger partial charge >= 0.3 is 0 Å². The van der Waals surface area contributed by atoms with Gasteiger partial charge in [0, 0.05) is 0 Å². The number of amides is 2. The summed E-state index contributed by atoms with van der Waals surface area (Å²) >= 11 is 0. The van der Waals surface area contributed by atoms with Gasteiger partial charge in [-0.05, 0) is 31.2 Å². The second kappa shape index (κ2) is 5.54. The van der Waals surface area contributed by atoms with Crippen LogP contribution >= 0.6 is 0 Å². The minimum atomic E-state index is -0.371. The maximum Gasteiger partial charge on any atom is 0.292 e. The van der Waals surface area contributed by atoms with E-state index < -0.39 is 0 Å². The van der Waals surface area contributed by atoms with Gasteiger partial charge in [0.15, 0.2) is 11.8 Å². The minimum Gasteiger partial charge on any atom is -0.463 e. The molecule has 0 spiro atoms. The van der Waals surface area contributed by atoms with Crippen LogP contribution in [0.5, 0.6) is 0 Å². The Morgan fingerprint density at radius 1 is 1.24 bits per heavy atom. The highest BCUT2D eigenvalue weighted by Crippen LogP contribution is 2.22. The van der Waals surface area contributed by atoms with E-state index in [2.05, 4.69) is 0 Å². The van der Waals surface area contributed by atoms with Gasteiger partial charge in [0.2, 0.25) is 5.91 Å². The molecule has 1 saturated heterocycles. The number of carbonyl (C=O) groups is 2. The zero-order valence-corrected chi connectivity index (χ0v) is 11.8. The normalized spacial score (nSPS) is 18.5. The number of quaternary nitrogens is 1. The van der Waals surface area contributed by atoms with E-state index in [-0.39, 0.29) is 24.3 Å². The van der Waals surface area contributed by atoms with Crippen molar-refractivity contribution in [2.45, 2.75) is 25.9 Å². The van der Waals surface area contributed by atoms with Crippen molar-refractivity contribution in [3.63, 3.8) is 0 Å². The highest BCUT2D eigenvalue weighted by molar-refractivity contribution is 6.21. The molecule has 2 aromatic rings. The number of nitrogens with zero attached hydrogens (tertiary/aromatic N) is 1. The van der Waals surface area contributed by atoms with Crippen LogP contribution in [0.15, 0.2) is 47.1 Å². The number of hydrogen-bond donors (Lipinski definition) is 1. The zero-order valence-electron chi connectivity index (χ0n) is 11.8. The summed E-state index contributed by atoms with van der Waals surface area (Å²) in [4.78, 5) is 25.8. The smallest absolute Gasteiger partial charge is 0.292 e. The van der Waals surface area contributed by atoms with Gasteiger partial charge in [-0.25, -0.2) is 4.90 Å². The molecule has 1 aromatic heterocycles. The first-order valence-electron chi connectivity index (χ1n) is 6.94. The Morgan fingerprint density at radius 3 is 2.67 bits per heavy atom. The molecule has 5 heteroatoms. The van der Waals surface area contributed by atoms with Crippen LogP contribution in [0.25, 0.3) is 0 Å². The summed E-state index contributed by atoms with van der Waals surface area (Å²) in [6.45, 7) is 2.52. The molecule has 1 aromatic carbocycles. The highest BCUT2D eigenvalue weighted by Gasteiger charge is 2.42. The Bertz CT molecular complexity index is 647. The number of aryl methyl sites for hydroxylation is 1. The van der Waals surface area contributed by atoms with Crippen LogP contribution in [-0.2, 0) is 16.1 Å². The molecule has 1 aliphatic heterocycles. The first-order valence-corrected chi connectivity index (χ1v) is 6.94. The molecule has 1 atom stereocenters. The Balaban J connectivity index is 1.71. The van der Waals surface area contributed by atoms with Crippen LogP contribution < -0.4 is 10.2 Å². The van der Waals surface area contributed by atoms with Gasteiger partial charge in [-0.15, -0.1) is 0 Å². The first kappa shape index (κ1) is 13.6. The highest BCUT2D eigenvalue weighted by atomic mass is 16.3. The number of nitrogens with two attached hydrogens (primary N) is 1. The number of rotatable bonds is 4. The van der Waals surface area contributed by atoms with Gasteiger partial charge in [0.25, 0.3) is 5.91 Å². The van der Waals surface area contributed by atoms with Crippen LogP contribution in [0.3, 0.4) is 0 Å². The zero-order chi connectivity index (χ0) is 14.8. The van der Waals surface area contributed by atoms with E-state index in [1.807, 2.05) is 36.5 Å². The molecule has 2 N–H and O–H groups in total. The van der Waals surface area contributed by atoms with Crippen LogP contribution in [0.1, 0.15) is 17.7 Å². The second-order valence-electron chi connectivity index (χ2n) is 5.23. The van der Waals surface area contributed by atoms with Crippen molar-refractivity contribution in [1.29, 1.82) is 0 Å². The molecular formula is C16H17N2O3+.